The number of aryl methyl sites for hydroxylation is 2. The SMILES string of the molecule is CC1=NO[C@H](C(=O)NCCC(=O)Nc2ccc(C)cc2C)C1. The van der Waals surface area contributed by atoms with E-state index in [4.69, 9.17) is 4.84 Å². The van der Waals surface area contributed by atoms with E-state index in [1.54, 1.807) is 0 Å². The maximum Gasteiger partial charge on any atom is 0.264 e. The van der Waals surface area contributed by atoms with E-state index in [9.17, 15) is 9.59 Å². The molecule has 0 spiro atoms. The van der Waals surface area contributed by atoms with Crippen molar-refractivity contribution in [1.82, 2.24) is 5.32 Å². The minimum atomic E-state index is -0.567. The van der Waals surface area contributed by atoms with Crippen LogP contribution >= 0.6 is 0 Å². The van der Waals surface area contributed by atoms with Crippen LogP contribution in [-0.2, 0) is 14.4 Å². The number of hydrogen-bond acceptors (Lipinski definition) is 4. The Bertz CT molecular complexity index is 611. The number of oxime groups is 1. The maximum atomic E-state index is 11.9. The van der Waals surface area contributed by atoms with Gasteiger partial charge >= 0.3 is 0 Å². The summed E-state index contributed by atoms with van der Waals surface area (Å²) in [5.41, 5.74) is 3.76. The van der Waals surface area contributed by atoms with Crippen LogP contribution in [0.25, 0.3) is 0 Å². The first-order chi connectivity index (χ1) is 10.5. The Hall–Kier alpha value is -2.37. The zero-order valence-corrected chi connectivity index (χ0v) is 13.1. The molecule has 118 valence electrons. The molecule has 2 amide bonds. The van der Waals surface area contributed by atoms with Crippen molar-refractivity contribution < 1.29 is 14.4 Å². The van der Waals surface area contributed by atoms with E-state index < -0.39 is 6.10 Å². The van der Waals surface area contributed by atoms with Gasteiger partial charge in [0.15, 0.2) is 0 Å². The maximum absolute atomic E-state index is 11.9. The summed E-state index contributed by atoms with van der Waals surface area (Å²) in [4.78, 5) is 28.7. The molecule has 0 fully saturated rings. The number of carbonyl (C=O) groups excluding carboxylic acids is 2. The molecular formula is C16H21N3O3. The van der Waals surface area contributed by atoms with Crippen LogP contribution in [0.3, 0.4) is 0 Å². The number of rotatable bonds is 5. The molecule has 0 aliphatic carbocycles. The Morgan fingerprint density at radius 2 is 2.09 bits per heavy atom. The van der Waals surface area contributed by atoms with E-state index in [1.807, 2.05) is 39.0 Å². The van der Waals surface area contributed by atoms with E-state index >= 15 is 0 Å². The smallest absolute Gasteiger partial charge is 0.264 e. The number of amides is 2. The molecule has 0 radical (unpaired) electrons. The highest BCUT2D eigenvalue weighted by Crippen LogP contribution is 2.16. The summed E-state index contributed by atoms with van der Waals surface area (Å²) in [6, 6.07) is 5.84. The average molecular weight is 303 g/mol. The minimum Gasteiger partial charge on any atom is -0.382 e. The normalized spacial score (nSPS) is 16.7. The first-order valence-electron chi connectivity index (χ1n) is 7.30. The fraction of sp³-hybridized carbons (Fsp3) is 0.438. The minimum absolute atomic E-state index is 0.132. The number of nitrogens with one attached hydrogen (secondary N) is 2. The van der Waals surface area contributed by atoms with Crippen molar-refractivity contribution in [3.05, 3.63) is 29.3 Å². The lowest BCUT2D eigenvalue weighted by molar-refractivity contribution is -0.131. The summed E-state index contributed by atoms with van der Waals surface area (Å²) in [6.07, 6.45) is 0.147. The van der Waals surface area contributed by atoms with E-state index in [0.29, 0.717) is 6.42 Å². The average Bonchev–Trinajstić information content (AvgIpc) is 2.88. The Labute approximate surface area is 129 Å². The molecule has 22 heavy (non-hydrogen) atoms. The van der Waals surface area contributed by atoms with Gasteiger partial charge in [0.25, 0.3) is 5.91 Å². The van der Waals surface area contributed by atoms with Crippen LogP contribution in [0.5, 0.6) is 0 Å². The van der Waals surface area contributed by atoms with Gasteiger partial charge in [-0.15, -0.1) is 0 Å². The molecule has 2 N–H and O–H groups in total. The molecule has 1 aromatic carbocycles. The van der Waals surface area contributed by atoms with Crippen molar-refractivity contribution in [2.75, 3.05) is 11.9 Å². The number of nitrogens with zero attached hydrogens (tertiary/aromatic N) is 1. The molecule has 1 heterocycles. The zero-order chi connectivity index (χ0) is 16.1. The highest BCUT2D eigenvalue weighted by atomic mass is 16.6. The third-order valence-corrected chi connectivity index (χ3v) is 3.42. The van der Waals surface area contributed by atoms with Crippen molar-refractivity contribution in [1.29, 1.82) is 0 Å². The zero-order valence-electron chi connectivity index (χ0n) is 13.1. The van der Waals surface area contributed by atoms with Crippen molar-refractivity contribution in [3.63, 3.8) is 0 Å². The summed E-state index contributed by atoms with van der Waals surface area (Å²) in [6.45, 7) is 6.04. The fourth-order valence-electron chi connectivity index (χ4n) is 2.22. The van der Waals surface area contributed by atoms with Crippen LogP contribution in [0.15, 0.2) is 23.4 Å². The first kappa shape index (κ1) is 16.0. The van der Waals surface area contributed by atoms with Crippen LogP contribution in [0.2, 0.25) is 0 Å². The third kappa shape index (κ3) is 4.31. The summed E-state index contributed by atoms with van der Waals surface area (Å²) >= 11 is 0. The molecule has 0 saturated carbocycles. The number of anilines is 1. The van der Waals surface area contributed by atoms with Gasteiger partial charge in [-0.05, 0) is 32.4 Å². The number of carbonyl (C=O) groups is 2. The second kappa shape index (κ2) is 7.06. The van der Waals surface area contributed by atoms with E-state index in [1.165, 1.54) is 0 Å². The van der Waals surface area contributed by atoms with Crippen LogP contribution in [0.1, 0.15) is 30.9 Å². The fourth-order valence-corrected chi connectivity index (χ4v) is 2.22. The van der Waals surface area contributed by atoms with Gasteiger partial charge in [-0.2, -0.15) is 0 Å². The Kier molecular flexibility index (Phi) is 5.14. The molecule has 1 aliphatic heterocycles. The lowest BCUT2D eigenvalue weighted by Crippen LogP contribution is -2.36. The lowest BCUT2D eigenvalue weighted by atomic mass is 10.1. The second-order valence-electron chi connectivity index (χ2n) is 5.53. The van der Waals surface area contributed by atoms with Crippen molar-refractivity contribution in [2.45, 2.75) is 39.7 Å². The van der Waals surface area contributed by atoms with Gasteiger partial charge in [0, 0.05) is 25.1 Å². The Morgan fingerprint density at radius 3 is 2.73 bits per heavy atom. The molecule has 2 rings (SSSR count). The van der Waals surface area contributed by atoms with Crippen molar-refractivity contribution in [3.8, 4) is 0 Å². The van der Waals surface area contributed by atoms with Gasteiger partial charge < -0.3 is 15.5 Å². The highest BCUT2D eigenvalue weighted by molar-refractivity contribution is 5.93. The van der Waals surface area contributed by atoms with Gasteiger partial charge in [0.05, 0.1) is 5.71 Å². The molecule has 0 saturated heterocycles. The Morgan fingerprint density at radius 1 is 1.32 bits per heavy atom. The van der Waals surface area contributed by atoms with Crippen LogP contribution < -0.4 is 10.6 Å². The molecule has 1 atom stereocenters. The molecule has 6 heteroatoms. The third-order valence-electron chi connectivity index (χ3n) is 3.42. The molecule has 1 aliphatic rings. The Balaban J connectivity index is 1.73. The van der Waals surface area contributed by atoms with Crippen LogP contribution in [-0.4, -0.2) is 30.2 Å². The summed E-state index contributed by atoms with van der Waals surface area (Å²) in [5, 5.41) is 9.26. The van der Waals surface area contributed by atoms with E-state index in [0.717, 1.165) is 22.5 Å². The molecule has 0 bridgehead atoms. The van der Waals surface area contributed by atoms with Gasteiger partial charge in [0.2, 0.25) is 12.0 Å². The van der Waals surface area contributed by atoms with E-state index in [2.05, 4.69) is 15.8 Å². The summed E-state index contributed by atoms with van der Waals surface area (Å²) in [7, 11) is 0. The molecule has 1 aromatic rings. The van der Waals surface area contributed by atoms with E-state index in [-0.39, 0.29) is 24.8 Å². The van der Waals surface area contributed by atoms with Crippen molar-refractivity contribution in [2.24, 2.45) is 5.16 Å². The number of hydrogen-bond donors (Lipinski definition) is 2. The molecule has 6 nitrogen and oxygen atoms in total. The topological polar surface area (TPSA) is 79.8 Å². The van der Waals surface area contributed by atoms with Gasteiger partial charge in [0.1, 0.15) is 0 Å². The molecule has 0 aromatic heterocycles. The van der Waals surface area contributed by atoms with Gasteiger partial charge in [-0.25, -0.2) is 0 Å². The quantitative estimate of drug-likeness (QED) is 0.872. The predicted molar refractivity (Wildman–Crippen MR) is 84.8 cm³/mol. The summed E-state index contributed by atoms with van der Waals surface area (Å²) in [5.74, 6) is -0.369. The van der Waals surface area contributed by atoms with Crippen molar-refractivity contribution >= 4 is 23.2 Å². The predicted octanol–water partition coefficient (Wildman–Crippen LogP) is 1.91. The van der Waals surface area contributed by atoms with Crippen LogP contribution in [0, 0.1) is 13.8 Å². The number of benzene rings is 1. The van der Waals surface area contributed by atoms with Gasteiger partial charge in [-0.1, -0.05) is 22.9 Å². The highest BCUT2D eigenvalue weighted by Gasteiger charge is 2.25. The second-order valence-corrected chi connectivity index (χ2v) is 5.53. The summed E-state index contributed by atoms with van der Waals surface area (Å²) < 4.78 is 0. The molecule has 0 unspecified atom stereocenters. The first-order valence-corrected chi connectivity index (χ1v) is 7.30. The lowest BCUT2D eigenvalue weighted by Gasteiger charge is -2.11. The van der Waals surface area contributed by atoms with Gasteiger partial charge in [-0.3, -0.25) is 9.59 Å². The largest absolute Gasteiger partial charge is 0.382 e. The van der Waals surface area contributed by atoms with Crippen LogP contribution in [0.4, 0.5) is 5.69 Å². The molecular weight excluding hydrogens is 282 g/mol. The standard InChI is InChI=1S/C16H21N3O3/c1-10-4-5-13(11(2)8-10)18-15(20)6-7-17-16(21)14-9-12(3)19-22-14/h4-5,8,14H,6-7,9H2,1-3H3,(H,17,21)(H,18,20)/t14-/m0/s1. The monoisotopic (exact) mass is 303 g/mol.